The number of hydrogen-bond acceptors (Lipinski definition) is 7. The highest BCUT2D eigenvalue weighted by Crippen LogP contribution is 2.21. The van der Waals surface area contributed by atoms with Crippen LogP contribution in [0.3, 0.4) is 0 Å². The van der Waals surface area contributed by atoms with Gasteiger partial charge in [0.25, 0.3) is 5.91 Å². The molecular formula is C27H33FN6O4S. The number of nitrogens with zero attached hydrogens (tertiary/aromatic N) is 4. The van der Waals surface area contributed by atoms with Crippen LogP contribution in [0.1, 0.15) is 41.2 Å². The minimum atomic E-state index is -0.840. The number of amides is 3. The summed E-state index contributed by atoms with van der Waals surface area (Å²) in [6, 6.07) is 6.70. The molecule has 1 aromatic carbocycles. The molecule has 2 bridgehead atoms. The van der Waals surface area contributed by atoms with Gasteiger partial charge < -0.3 is 20.3 Å². The molecule has 12 heteroatoms. The van der Waals surface area contributed by atoms with Crippen molar-refractivity contribution < 1.29 is 23.5 Å². The molecule has 3 heterocycles. The molecule has 39 heavy (non-hydrogen) atoms. The highest BCUT2D eigenvalue weighted by molar-refractivity contribution is 7.10. The minimum Gasteiger partial charge on any atom is -0.491 e. The first kappa shape index (κ1) is 28.2. The summed E-state index contributed by atoms with van der Waals surface area (Å²) < 4.78 is 21.5. The lowest BCUT2D eigenvalue weighted by Gasteiger charge is -2.24. The topological polar surface area (TPSA) is 118 Å². The Bertz CT molecular complexity index is 1280. The van der Waals surface area contributed by atoms with Gasteiger partial charge in [0.1, 0.15) is 24.2 Å². The number of aromatic nitrogens is 3. The molecule has 208 valence electrons. The Balaban J connectivity index is 1.56. The normalized spacial score (nSPS) is 17.4. The van der Waals surface area contributed by atoms with Crippen LogP contribution in [-0.2, 0) is 29.0 Å². The third kappa shape index (κ3) is 8.09. The van der Waals surface area contributed by atoms with E-state index in [-0.39, 0.29) is 48.6 Å². The van der Waals surface area contributed by atoms with E-state index < -0.39 is 17.8 Å². The Labute approximate surface area is 230 Å². The third-order valence-electron chi connectivity index (χ3n) is 6.26. The van der Waals surface area contributed by atoms with Gasteiger partial charge in [-0.3, -0.25) is 14.4 Å². The summed E-state index contributed by atoms with van der Waals surface area (Å²) in [5.74, 6) is -1.30. The Morgan fingerprint density at radius 2 is 2.08 bits per heavy atom. The smallest absolute Gasteiger partial charge is 0.255 e. The van der Waals surface area contributed by atoms with Gasteiger partial charge >= 0.3 is 0 Å². The van der Waals surface area contributed by atoms with Crippen molar-refractivity contribution in [1.82, 2.24) is 30.5 Å². The van der Waals surface area contributed by atoms with Gasteiger partial charge in [0.15, 0.2) is 0 Å². The molecule has 3 aromatic rings. The van der Waals surface area contributed by atoms with Crippen molar-refractivity contribution in [3.05, 3.63) is 63.9 Å². The first-order valence-electron chi connectivity index (χ1n) is 13.0. The van der Waals surface area contributed by atoms with Crippen molar-refractivity contribution in [3.8, 4) is 5.75 Å². The SMILES string of the molecule is CC(C)C[C@H]1NC(=O)c2cc(F)ccc2OCCn2cc(nn2)CCN(C(=O)Cc2cccs2)CCNC1=O. The number of carbonyl (C=O) groups is 3. The van der Waals surface area contributed by atoms with Gasteiger partial charge in [-0.1, -0.05) is 25.1 Å². The molecule has 2 aromatic heterocycles. The number of benzene rings is 1. The molecule has 0 saturated heterocycles. The van der Waals surface area contributed by atoms with Gasteiger partial charge in [-0.15, -0.1) is 16.4 Å². The van der Waals surface area contributed by atoms with Crippen LogP contribution in [0.5, 0.6) is 5.75 Å². The lowest BCUT2D eigenvalue weighted by molar-refractivity contribution is -0.131. The van der Waals surface area contributed by atoms with Crippen LogP contribution in [0.15, 0.2) is 41.9 Å². The maximum atomic E-state index is 14.1. The quantitative estimate of drug-likeness (QED) is 0.510. The number of rotatable bonds is 4. The van der Waals surface area contributed by atoms with Crippen molar-refractivity contribution in [3.63, 3.8) is 0 Å². The van der Waals surface area contributed by atoms with Gasteiger partial charge in [0.2, 0.25) is 11.8 Å². The molecule has 0 saturated carbocycles. The predicted molar refractivity (Wildman–Crippen MR) is 144 cm³/mol. The fourth-order valence-corrected chi connectivity index (χ4v) is 4.97. The van der Waals surface area contributed by atoms with Gasteiger partial charge in [-0.25, -0.2) is 9.07 Å². The van der Waals surface area contributed by atoms with Gasteiger partial charge in [-0.05, 0) is 42.0 Å². The van der Waals surface area contributed by atoms with Crippen molar-refractivity contribution in [2.75, 3.05) is 26.2 Å². The van der Waals surface area contributed by atoms with E-state index in [1.165, 1.54) is 23.5 Å². The summed E-state index contributed by atoms with van der Waals surface area (Å²) in [5, 5.41) is 15.9. The number of hydrogen-bond donors (Lipinski definition) is 2. The van der Waals surface area contributed by atoms with Crippen LogP contribution in [0.25, 0.3) is 0 Å². The van der Waals surface area contributed by atoms with E-state index in [4.69, 9.17) is 4.74 Å². The summed E-state index contributed by atoms with van der Waals surface area (Å²) in [6.07, 6.45) is 2.94. The van der Waals surface area contributed by atoms with Crippen LogP contribution in [0, 0.1) is 11.7 Å². The van der Waals surface area contributed by atoms with E-state index in [1.807, 2.05) is 31.4 Å². The van der Waals surface area contributed by atoms with Crippen LogP contribution in [0.2, 0.25) is 0 Å². The molecule has 0 fully saturated rings. The number of thiophene rings is 1. The molecule has 0 spiro atoms. The zero-order valence-electron chi connectivity index (χ0n) is 22.1. The summed E-state index contributed by atoms with van der Waals surface area (Å²) in [5.41, 5.74) is 0.718. The molecule has 1 aliphatic heterocycles. The summed E-state index contributed by atoms with van der Waals surface area (Å²) in [4.78, 5) is 42.1. The molecular weight excluding hydrogens is 523 g/mol. The zero-order valence-corrected chi connectivity index (χ0v) is 22.9. The summed E-state index contributed by atoms with van der Waals surface area (Å²) in [7, 11) is 0. The van der Waals surface area contributed by atoms with E-state index in [9.17, 15) is 18.8 Å². The molecule has 2 N–H and O–H groups in total. The maximum Gasteiger partial charge on any atom is 0.255 e. The molecule has 3 amide bonds. The van der Waals surface area contributed by atoms with Gasteiger partial charge in [0, 0.05) is 37.1 Å². The second-order valence-electron chi connectivity index (χ2n) is 9.80. The molecule has 0 aliphatic carbocycles. The fourth-order valence-electron chi connectivity index (χ4n) is 4.28. The second kappa shape index (κ2) is 13.3. The van der Waals surface area contributed by atoms with Crippen molar-refractivity contribution in [2.45, 2.75) is 45.7 Å². The maximum absolute atomic E-state index is 14.1. The lowest BCUT2D eigenvalue weighted by Crippen LogP contribution is -2.49. The van der Waals surface area contributed by atoms with Crippen LogP contribution in [0.4, 0.5) is 4.39 Å². The molecule has 1 atom stereocenters. The average Bonchev–Trinajstić information content (AvgIpc) is 3.57. The monoisotopic (exact) mass is 556 g/mol. The van der Waals surface area contributed by atoms with Crippen LogP contribution in [-0.4, -0.2) is 69.9 Å². The van der Waals surface area contributed by atoms with E-state index in [2.05, 4.69) is 20.9 Å². The summed E-state index contributed by atoms with van der Waals surface area (Å²) in [6.45, 7) is 5.33. The predicted octanol–water partition coefficient (Wildman–Crippen LogP) is 2.45. The lowest BCUT2D eigenvalue weighted by atomic mass is 10.0. The molecule has 4 rings (SSSR count). The molecule has 0 unspecified atom stereocenters. The fraction of sp³-hybridized carbons (Fsp3) is 0.444. The van der Waals surface area contributed by atoms with E-state index in [0.29, 0.717) is 38.2 Å². The van der Waals surface area contributed by atoms with E-state index >= 15 is 0 Å². The second-order valence-corrected chi connectivity index (χ2v) is 10.8. The standard InChI is InChI=1S/C27H33FN6O4S/c1-18(2)14-23-27(37)29-8-10-33(25(35)16-21-4-3-13-39-21)9-7-20-17-34(32-31-20)11-12-38-24-6-5-19(28)15-22(24)26(36)30-23/h3-6,13,15,17-18,23H,7-12,14,16H2,1-2H3,(H,29,37)(H,30,36)/t23-/m1/s1. The highest BCUT2D eigenvalue weighted by Gasteiger charge is 2.25. The first-order chi connectivity index (χ1) is 18.8. The zero-order chi connectivity index (χ0) is 27.8. The number of carbonyl (C=O) groups excluding carboxylic acids is 3. The van der Waals surface area contributed by atoms with Crippen LogP contribution < -0.4 is 15.4 Å². The van der Waals surface area contributed by atoms with Gasteiger partial charge in [0.05, 0.1) is 24.2 Å². The number of ether oxygens (including phenoxy) is 1. The number of nitrogens with one attached hydrogen (secondary N) is 2. The molecule has 0 radical (unpaired) electrons. The Morgan fingerprint density at radius 1 is 1.23 bits per heavy atom. The van der Waals surface area contributed by atoms with Gasteiger partial charge in [-0.2, -0.15) is 0 Å². The highest BCUT2D eigenvalue weighted by atomic mass is 32.1. The van der Waals surface area contributed by atoms with Crippen molar-refractivity contribution in [1.29, 1.82) is 0 Å². The van der Waals surface area contributed by atoms with Crippen molar-refractivity contribution in [2.24, 2.45) is 5.92 Å². The van der Waals surface area contributed by atoms with E-state index in [1.54, 1.807) is 15.8 Å². The van der Waals surface area contributed by atoms with E-state index in [0.717, 1.165) is 10.9 Å². The number of halogens is 1. The Morgan fingerprint density at radius 3 is 2.85 bits per heavy atom. The minimum absolute atomic E-state index is 0.00213. The Hall–Kier alpha value is -3.80. The largest absolute Gasteiger partial charge is 0.491 e. The summed E-state index contributed by atoms with van der Waals surface area (Å²) >= 11 is 1.52. The molecule has 1 aliphatic rings. The Kier molecular flexibility index (Phi) is 9.64. The number of fused-ring (bicyclic) bond motifs is 3. The van der Waals surface area contributed by atoms with Crippen LogP contribution >= 0.6 is 11.3 Å². The third-order valence-corrected chi connectivity index (χ3v) is 7.13. The van der Waals surface area contributed by atoms with Crippen molar-refractivity contribution >= 4 is 29.1 Å². The molecule has 10 nitrogen and oxygen atoms in total. The average molecular weight is 557 g/mol. The first-order valence-corrected chi connectivity index (χ1v) is 13.9.